The van der Waals surface area contributed by atoms with E-state index in [1.54, 1.807) is 19.1 Å². The van der Waals surface area contributed by atoms with Crippen LogP contribution in [0.4, 0.5) is 4.39 Å². The van der Waals surface area contributed by atoms with Gasteiger partial charge < -0.3 is 10.4 Å². The highest BCUT2D eigenvalue weighted by Gasteiger charge is 2.48. The molecular formula is C16H20FNO3. The molecule has 2 N–H and O–H groups in total. The summed E-state index contributed by atoms with van der Waals surface area (Å²) in [4.78, 5) is 23.5. The highest BCUT2D eigenvalue weighted by atomic mass is 19.1. The highest BCUT2D eigenvalue weighted by molar-refractivity contribution is 5.87. The number of aliphatic carboxylic acids is 1. The normalized spacial score (nSPS) is 18.6. The summed E-state index contributed by atoms with van der Waals surface area (Å²) in [6.07, 6.45) is 1.78. The molecule has 2 atom stereocenters. The Morgan fingerprint density at radius 2 is 2.14 bits per heavy atom. The lowest BCUT2D eigenvalue weighted by molar-refractivity contribution is -0.148. The molecule has 1 aromatic rings. The minimum absolute atomic E-state index is 0.00317. The van der Waals surface area contributed by atoms with Gasteiger partial charge in [-0.2, -0.15) is 0 Å². The van der Waals surface area contributed by atoms with Crippen molar-refractivity contribution in [1.82, 2.24) is 5.32 Å². The summed E-state index contributed by atoms with van der Waals surface area (Å²) in [6, 6.07) is 6.11. The van der Waals surface area contributed by atoms with Crippen LogP contribution in [0.2, 0.25) is 0 Å². The molecule has 2 rings (SSSR count). The Bertz CT molecular complexity index is 556. The Morgan fingerprint density at radius 1 is 1.48 bits per heavy atom. The molecule has 1 aromatic carbocycles. The van der Waals surface area contributed by atoms with Crippen molar-refractivity contribution in [2.24, 2.45) is 5.92 Å². The number of halogens is 1. The molecule has 1 saturated carbocycles. The summed E-state index contributed by atoms with van der Waals surface area (Å²) >= 11 is 0. The van der Waals surface area contributed by atoms with Crippen molar-refractivity contribution in [1.29, 1.82) is 0 Å². The van der Waals surface area contributed by atoms with E-state index >= 15 is 0 Å². The predicted octanol–water partition coefficient (Wildman–Crippen LogP) is 2.69. The smallest absolute Gasteiger partial charge is 0.329 e. The predicted molar refractivity (Wildman–Crippen MR) is 76.3 cm³/mol. The molecule has 0 heterocycles. The van der Waals surface area contributed by atoms with Gasteiger partial charge in [-0.1, -0.05) is 19.1 Å². The van der Waals surface area contributed by atoms with Gasteiger partial charge in [-0.3, -0.25) is 4.79 Å². The van der Waals surface area contributed by atoms with Gasteiger partial charge in [0.2, 0.25) is 5.91 Å². The molecule has 0 radical (unpaired) electrons. The zero-order valence-electron chi connectivity index (χ0n) is 12.2. The van der Waals surface area contributed by atoms with Crippen LogP contribution >= 0.6 is 0 Å². The van der Waals surface area contributed by atoms with E-state index in [1.807, 2.05) is 6.92 Å². The van der Waals surface area contributed by atoms with Gasteiger partial charge in [0.15, 0.2) is 0 Å². The molecule has 0 bridgehead atoms. The first kappa shape index (κ1) is 15.5. The molecule has 1 amide bonds. The fourth-order valence-corrected chi connectivity index (χ4v) is 2.54. The van der Waals surface area contributed by atoms with Crippen LogP contribution in [0.5, 0.6) is 0 Å². The van der Waals surface area contributed by atoms with E-state index in [9.17, 15) is 19.1 Å². The molecule has 114 valence electrons. The summed E-state index contributed by atoms with van der Waals surface area (Å²) < 4.78 is 13.2. The van der Waals surface area contributed by atoms with Crippen molar-refractivity contribution >= 4 is 11.9 Å². The second-order valence-corrected chi connectivity index (χ2v) is 5.99. The average molecular weight is 293 g/mol. The average Bonchev–Trinajstić information content (AvgIpc) is 3.22. The number of carbonyl (C=O) groups excluding carboxylic acids is 1. The summed E-state index contributed by atoms with van der Waals surface area (Å²) in [6.45, 7) is 3.38. The fourth-order valence-electron chi connectivity index (χ4n) is 2.54. The molecule has 0 saturated heterocycles. The van der Waals surface area contributed by atoms with Crippen LogP contribution in [0.3, 0.4) is 0 Å². The molecular weight excluding hydrogens is 273 g/mol. The highest BCUT2D eigenvalue weighted by Crippen LogP contribution is 2.39. The van der Waals surface area contributed by atoms with E-state index in [-0.39, 0.29) is 30.0 Å². The molecule has 2 unspecified atom stereocenters. The number of rotatable bonds is 6. The number of carboxylic acid groups (broad SMARTS) is 1. The molecule has 1 fully saturated rings. The maximum absolute atomic E-state index is 13.2. The van der Waals surface area contributed by atoms with Gasteiger partial charge in [0.25, 0.3) is 0 Å². The van der Waals surface area contributed by atoms with Crippen LogP contribution in [0, 0.1) is 11.7 Å². The zero-order chi connectivity index (χ0) is 15.6. The van der Waals surface area contributed by atoms with Crippen LogP contribution in [-0.4, -0.2) is 22.5 Å². The second kappa shape index (κ2) is 5.84. The Labute approximate surface area is 123 Å². The van der Waals surface area contributed by atoms with Crippen molar-refractivity contribution in [2.75, 3.05) is 0 Å². The van der Waals surface area contributed by atoms with E-state index in [2.05, 4.69) is 5.32 Å². The number of carbonyl (C=O) groups is 2. The number of amides is 1. The fraction of sp³-hybridized carbons (Fsp3) is 0.500. The molecule has 5 heteroatoms. The molecule has 1 aliphatic carbocycles. The summed E-state index contributed by atoms with van der Waals surface area (Å²) in [7, 11) is 0. The Hall–Kier alpha value is -1.91. The third-order valence-electron chi connectivity index (χ3n) is 4.15. The van der Waals surface area contributed by atoms with Gasteiger partial charge in [0.1, 0.15) is 11.4 Å². The quantitative estimate of drug-likeness (QED) is 0.847. The van der Waals surface area contributed by atoms with Crippen LogP contribution in [0.15, 0.2) is 24.3 Å². The van der Waals surface area contributed by atoms with Gasteiger partial charge >= 0.3 is 5.97 Å². The Kier molecular flexibility index (Phi) is 4.30. The topological polar surface area (TPSA) is 66.4 Å². The van der Waals surface area contributed by atoms with Crippen LogP contribution < -0.4 is 5.32 Å². The summed E-state index contributed by atoms with van der Waals surface area (Å²) in [5.74, 6) is -1.82. The van der Waals surface area contributed by atoms with Crippen LogP contribution in [0.25, 0.3) is 0 Å². The molecule has 4 nitrogen and oxygen atoms in total. The first-order valence-corrected chi connectivity index (χ1v) is 7.13. The second-order valence-electron chi connectivity index (χ2n) is 5.99. The zero-order valence-corrected chi connectivity index (χ0v) is 12.2. The van der Waals surface area contributed by atoms with E-state index < -0.39 is 11.5 Å². The minimum atomic E-state index is -1.20. The largest absolute Gasteiger partial charge is 0.480 e. The van der Waals surface area contributed by atoms with Gasteiger partial charge in [-0.25, -0.2) is 9.18 Å². The van der Waals surface area contributed by atoms with Crippen LogP contribution in [0.1, 0.15) is 44.6 Å². The molecule has 0 spiro atoms. The Balaban J connectivity index is 1.99. The van der Waals surface area contributed by atoms with Crippen molar-refractivity contribution in [2.45, 2.75) is 44.6 Å². The molecule has 21 heavy (non-hydrogen) atoms. The van der Waals surface area contributed by atoms with Gasteiger partial charge in [-0.05, 0) is 49.3 Å². The molecule has 0 aliphatic heterocycles. The number of hydrogen-bond donors (Lipinski definition) is 2. The maximum Gasteiger partial charge on any atom is 0.329 e. The first-order chi connectivity index (χ1) is 9.83. The van der Waals surface area contributed by atoms with Gasteiger partial charge in [0.05, 0.1) is 0 Å². The van der Waals surface area contributed by atoms with E-state index in [0.29, 0.717) is 0 Å². The number of nitrogens with one attached hydrogen (secondary N) is 1. The van der Waals surface area contributed by atoms with Crippen molar-refractivity contribution in [3.05, 3.63) is 35.6 Å². The number of carboxylic acids is 1. The van der Waals surface area contributed by atoms with Crippen molar-refractivity contribution in [3.63, 3.8) is 0 Å². The van der Waals surface area contributed by atoms with E-state index in [4.69, 9.17) is 0 Å². The molecule has 1 aliphatic rings. The monoisotopic (exact) mass is 293 g/mol. The number of benzene rings is 1. The third kappa shape index (κ3) is 3.60. The molecule has 0 aromatic heterocycles. The van der Waals surface area contributed by atoms with Crippen LogP contribution in [-0.2, 0) is 9.59 Å². The maximum atomic E-state index is 13.2. The SMILES string of the molecule is CC(CC(=O)NC(C)(C(=O)O)C1CC1)c1cccc(F)c1. The Morgan fingerprint density at radius 3 is 2.67 bits per heavy atom. The van der Waals surface area contributed by atoms with Gasteiger partial charge in [0, 0.05) is 6.42 Å². The van der Waals surface area contributed by atoms with Crippen molar-refractivity contribution < 1.29 is 19.1 Å². The lowest BCUT2D eigenvalue weighted by Crippen LogP contribution is -2.54. The van der Waals surface area contributed by atoms with Crippen molar-refractivity contribution in [3.8, 4) is 0 Å². The van der Waals surface area contributed by atoms with E-state index in [0.717, 1.165) is 18.4 Å². The van der Waals surface area contributed by atoms with E-state index in [1.165, 1.54) is 12.1 Å². The standard InChI is InChI=1S/C16H20FNO3/c1-10(11-4-3-5-13(17)9-11)8-14(19)18-16(2,15(20)21)12-6-7-12/h3-5,9-10,12H,6-8H2,1-2H3,(H,18,19)(H,20,21). The lowest BCUT2D eigenvalue weighted by Gasteiger charge is -2.27. The third-order valence-corrected chi connectivity index (χ3v) is 4.15. The lowest BCUT2D eigenvalue weighted by atomic mass is 9.93. The number of hydrogen-bond acceptors (Lipinski definition) is 2. The summed E-state index contributed by atoms with van der Waals surface area (Å²) in [5.41, 5.74) is -0.466. The minimum Gasteiger partial charge on any atom is -0.480 e. The van der Waals surface area contributed by atoms with Gasteiger partial charge in [-0.15, -0.1) is 0 Å². The first-order valence-electron chi connectivity index (χ1n) is 7.13. The summed E-state index contributed by atoms with van der Waals surface area (Å²) in [5, 5.41) is 12.0.